The lowest BCUT2D eigenvalue weighted by molar-refractivity contribution is -0.688. The van der Waals surface area contributed by atoms with Gasteiger partial charge in [-0.3, -0.25) is 0 Å². The zero-order valence-corrected chi connectivity index (χ0v) is 20.6. The summed E-state index contributed by atoms with van der Waals surface area (Å²) in [5.41, 5.74) is 7.42. The fourth-order valence-electron chi connectivity index (χ4n) is 3.78. The van der Waals surface area contributed by atoms with Crippen LogP contribution in [0.4, 0.5) is 11.4 Å². The molecule has 2 aromatic heterocycles. The van der Waals surface area contributed by atoms with Crippen LogP contribution in [0.3, 0.4) is 0 Å². The maximum atomic E-state index is 2.21. The van der Waals surface area contributed by atoms with E-state index in [0.29, 0.717) is 0 Å². The van der Waals surface area contributed by atoms with E-state index in [0.717, 1.165) is 13.1 Å². The zero-order chi connectivity index (χ0) is 23.9. The van der Waals surface area contributed by atoms with Crippen molar-refractivity contribution in [2.75, 3.05) is 38.0 Å². The van der Waals surface area contributed by atoms with Gasteiger partial charge in [0.1, 0.15) is 0 Å². The van der Waals surface area contributed by atoms with E-state index in [1.165, 1.54) is 33.6 Å². The summed E-state index contributed by atoms with van der Waals surface area (Å²) in [6.07, 6.45) is 12.9. The van der Waals surface area contributed by atoms with Crippen molar-refractivity contribution >= 4 is 23.5 Å². The molecule has 34 heavy (non-hydrogen) atoms. The summed E-state index contributed by atoms with van der Waals surface area (Å²) in [6, 6.07) is 26.1. The Labute approximate surface area is 203 Å². The number of pyridine rings is 2. The average molecular weight is 451 g/mol. The monoisotopic (exact) mass is 450 g/mol. The van der Waals surface area contributed by atoms with Crippen molar-refractivity contribution in [3.05, 3.63) is 120 Å². The van der Waals surface area contributed by atoms with Crippen LogP contribution in [0.5, 0.6) is 0 Å². The normalized spacial score (nSPS) is 11.1. The van der Waals surface area contributed by atoms with Crippen molar-refractivity contribution in [2.24, 2.45) is 0 Å². The molecule has 4 rings (SSSR count). The first-order valence-electron chi connectivity index (χ1n) is 11.6. The van der Waals surface area contributed by atoms with E-state index >= 15 is 0 Å². The maximum Gasteiger partial charge on any atom is 0.173 e. The molecule has 0 spiro atoms. The maximum absolute atomic E-state index is 2.21. The van der Waals surface area contributed by atoms with Crippen LogP contribution < -0.4 is 18.9 Å². The highest BCUT2D eigenvalue weighted by molar-refractivity contribution is 5.68. The Bertz CT molecular complexity index is 1110. The lowest BCUT2D eigenvalue weighted by Gasteiger charge is -2.12. The van der Waals surface area contributed by atoms with Gasteiger partial charge in [-0.2, -0.15) is 0 Å². The Hall–Kier alpha value is -3.92. The highest BCUT2D eigenvalue weighted by Crippen LogP contribution is 2.13. The first-order chi connectivity index (χ1) is 16.5. The molecule has 4 heteroatoms. The van der Waals surface area contributed by atoms with Crippen LogP contribution in [-0.4, -0.2) is 28.2 Å². The minimum Gasteiger partial charge on any atom is -0.378 e. The smallest absolute Gasteiger partial charge is 0.173 e. The van der Waals surface area contributed by atoms with Gasteiger partial charge in [-0.1, -0.05) is 36.4 Å². The molecule has 0 atom stereocenters. The van der Waals surface area contributed by atoms with Gasteiger partial charge in [0, 0.05) is 75.0 Å². The number of nitrogens with zero attached hydrogens (tertiary/aromatic N) is 4. The van der Waals surface area contributed by atoms with E-state index in [9.17, 15) is 0 Å². The minimum absolute atomic E-state index is 0.869. The third-order valence-electron chi connectivity index (χ3n) is 5.94. The average Bonchev–Trinajstić information content (AvgIpc) is 2.85. The van der Waals surface area contributed by atoms with Crippen LogP contribution in [0.2, 0.25) is 0 Å². The number of aromatic nitrogens is 2. The summed E-state index contributed by atoms with van der Waals surface area (Å²) in [4.78, 5) is 4.24. The van der Waals surface area contributed by atoms with Gasteiger partial charge in [0.05, 0.1) is 0 Å². The van der Waals surface area contributed by atoms with Crippen molar-refractivity contribution in [1.29, 1.82) is 0 Å². The first-order valence-corrected chi connectivity index (χ1v) is 11.6. The molecule has 4 nitrogen and oxygen atoms in total. The molecule has 0 saturated carbocycles. The summed E-state index contributed by atoms with van der Waals surface area (Å²) in [7, 11) is 8.26. The molecule has 4 aromatic rings. The third kappa shape index (κ3) is 6.32. The second kappa shape index (κ2) is 10.8. The summed E-state index contributed by atoms with van der Waals surface area (Å²) < 4.78 is 4.41. The fourth-order valence-corrected chi connectivity index (χ4v) is 3.78. The van der Waals surface area contributed by atoms with Gasteiger partial charge in [-0.15, -0.1) is 0 Å². The zero-order valence-electron chi connectivity index (χ0n) is 20.6. The molecule has 0 bridgehead atoms. The van der Waals surface area contributed by atoms with Gasteiger partial charge < -0.3 is 9.80 Å². The van der Waals surface area contributed by atoms with Crippen molar-refractivity contribution in [2.45, 2.75) is 13.1 Å². The number of rotatable bonds is 8. The van der Waals surface area contributed by atoms with E-state index in [1.807, 2.05) is 0 Å². The second-order valence-electron chi connectivity index (χ2n) is 9.06. The van der Waals surface area contributed by atoms with Gasteiger partial charge in [-0.25, -0.2) is 9.13 Å². The topological polar surface area (TPSA) is 14.2 Å². The van der Waals surface area contributed by atoms with Crippen LogP contribution in [0.15, 0.2) is 97.6 Å². The van der Waals surface area contributed by atoms with Gasteiger partial charge in [0.15, 0.2) is 37.9 Å². The quantitative estimate of drug-likeness (QED) is 0.363. The molecule has 0 aliphatic carbocycles. The number of anilines is 2. The molecular weight excluding hydrogens is 416 g/mol. The Kier molecular flexibility index (Phi) is 7.38. The Morgan fingerprint density at radius 1 is 0.500 bits per heavy atom. The molecule has 2 heterocycles. The lowest BCUT2D eigenvalue weighted by Crippen LogP contribution is -2.33. The fraction of sp³-hybridized carbons (Fsp3) is 0.200. The highest BCUT2D eigenvalue weighted by Gasteiger charge is 2.05. The van der Waals surface area contributed by atoms with Crippen molar-refractivity contribution in [3.63, 3.8) is 0 Å². The summed E-state index contributed by atoms with van der Waals surface area (Å²) in [5, 5.41) is 0. The summed E-state index contributed by atoms with van der Waals surface area (Å²) >= 11 is 0. The molecule has 0 radical (unpaired) electrons. The highest BCUT2D eigenvalue weighted by atomic mass is 15.1. The summed E-state index contributed by atoms with van der Waals surface area (Å²) in [6.45, 7) is 1.74. The van der Waals surface area contributed by atoms with Gasteiger partial charge >= 0.3 is 0 Å². The predicted molar refractivity (Wildman–Crippen MR) is 142 cm³/mol. The first kappa shape index (κ1) is 23.2. The molecular formula is C30H34N4+2. The Balaban J connectivity index is 1.33. The van der Waals surface area contributed by atoms with Crippen molar-refractivity contribution in [3.8, 4) is 0 Å². The SMILES string of the molecule is CN(C)c1ccc(C[n+]2ccc(/C=C/c3cc[n+](Cc4ccc(N(C)C)cc4)cc3)cc2)cc1. The van der Waals surface area contributed by atoms with E-state index in [1.54, 1.807) is 0 Å². The Morgan fingerprint density at radius 2 is 0.824 bits per heavy atom. The molecule has 0 N–H and O–H groups in total. The molecule has 0 aliphatic heterocycles. The molecule has 0 unspecified atom stereocenters. The Morgan fingerprint density at radius 3 is 1.12 bits per heavy atom. The van der Waals surface area contributed by atoms with Gasteiger partial charge in [0.25, 0.3) is 0 Å². The molecule has 0 amide bonds. The minimum atomic E-state index is 0.869. The van der Waals surface area contributed by atoms with E-state index < -0.39 is 0 Å². The summed E-state index contributed by atoms with van der Waals surface area (Å²) in [5.74, 6) is 0. The van der Waals surface area contributed by atoms with E-state index in [4.69, 9.17) is 0 Å². The standard InChI is InChI=1S/C30H34N4/c1-31(2)29-11-7-27(8-12-29)23-33-19-15-25(16-20-33)5-6-26-17-21-34(22-18-26)24-28-9-13-30(14-10-28)32(3)4/h5-22H,23-24H2,1-4H3/q+2/b6-5+. The van der Waals surface area contributed by atoms with Crippen LogP contribution >= 0.6 is 0 Å². The van der Waals surface area contributed by atoms with Crippen molar-refractivity contribution in [1.82, 2.24) is 0 Å². The van der Waals surface area contributed by atoms with Crippen LogP contribution in [0, 0.1) is 0 Å². The number of hydrogen-bond donors (Lipinski definition) is 0. The second-order valence-corrected chi connectivity index (χ2v) is 9.06. The third-order valence-corrected chi connectivity index (χ3v) is 5.94. The predicted octanol–water partition coefficient (Wildman–Crippen LogP) is 4.66. The van der Waals surface area contributed by atoms with Crippen molar-refractivity contribution < 1.29 is 9.13 Å². The van der Waals surface area contributed by atoms with Gasteiger partial charge in [-0.05, 0) is 35.4 Å². The molecule has 172 valence electrons. The van der Waals surface area contributed by atoms with Crippen LogP contribution in [-0.2, 0) is 13.1 Å². The van der Waals surface area contributed by atoms with E-state index in [-0.39, 0.29) is 0 Å². The van der Waals surface area contributed by atoms with Crippen LogP contribution in [0.1, 0.15) is 22.3 Å². The number of hydrogen-bond acceptors (Lipinski definition) is 2. The molecule has 2 aromatic carbocycles. The lowest BCUT2D eigenvalue weighted by atomic mass is 10.1. The molecule has 0 saturated heterocycles. The molecule has 0 fully saturated rings. The van der Waals surface area contributed by atoms with Crippen LogP contribution in [0.25, 0.3) is 12.2 Å². The van der Waals surface area contributed by atoms with Gasteiger partial charge in [0.2, 0.25) is 0 Å². The molecule has 0 aliphatic rings. The largest absolute Gasteiger partial charge is 0.378 e. The number of benzene rings is 2. The van der Waals surface area contributed by atoms with E-state index in [2.05, 4.69) is 157 Å².